The minimum atomic E-state index is -0.390. The third-order valence-electron chi connectivity index (χ3n) is 3.30. The fourth-order valence-corrected chi connectivity index (χ4v) is 4.42. The van der Waals surface area contributed by atoms with Crippen LogP contribution in [0.4, 0.5) is 0 Å². The van der Waals surface area contributed by atoms with Gasteiger partial charge in [-0.05, 0) is 26.8 Å². The molecule has 0 aliphatic rings. The van der Waals surface area contributed by atoms with Gasteiger partial charge < -0.3 is 14.7 Å². The van der Waals surface area contributed by atoms with Crippen LogP contribution in [0.25, 0.3) is 0 Å². The van der Waals surface area contributed by atoms with Crippen molar-refractivity contribution in [3.05, 3.63) is 39.7 Å². The van der Waals surface area contributed by atoms with Crippen molar-refractivity contribution in [2.45, 2.75) is 43.0 Å². The Morgan fingerprint density at radius 1 is 1.23 bits per heavy atom. The van der Waals surface area contributed by atoms with Crippen LogP contribution in [0.5, 0.6) is 0 Å². The number of aromatic nitrogens is 2. The zero-order chi connectivity index (χ0) is 19.1. The Morgan fingerprint density at radius 3 is 2.54 bits per heavy atom. The van der Waals surface area contributed by atoms with Crippen LogP contribution in [0.2, 0.25) is 0 Å². The van der Waals surface area contributed by atoms with E-state index in [1.807, 2.05) is 6.92 Å². The maximum Gasteiger partial charge on any atom is 0.311 e. The van der Waals surface area contributed by atoms with Crippen molar-refractivity contribution in [3.63, 3.8) is 0 Å². The van der Waals surface area contributed by atoms with Crippen molar-refractivity contribution in [3.8, 4) is 0 Å². The molecule has 0 saturated carbocycles. The fourth-order valence-electron chi connectivity index (χ4n) is 2.17. The molecular formula is C17H20N2O5S2. The van der Waals surface area contributed by atoms with Gasteiger partial charge in [0.2, 0.25) is 0 Å². The van der Waals surface area contributed by atoms with Crippen molar-refractivity contribution in [1.29, 1.82) is 0 Å². The molecule has 0 atom stereocenters. The maximum atomic E-state index is 12.2. The Kier molecular flexibility index (Phi) is 7.40. The third-order valence-corrected chi connectivity index (χ3v) is 5.65. The van der Waals surface area contributed by atoms with E-state index in [0.717, 1.165) is 10.6 Å². The summed E-state index contributed by atoms with van der Waals surface area (Å²) in [6.45, 7) is 5.91. The molecule has 2 aromatic heterocycles. The number of esters is 2. The lowest BCUT2D eigenvalue weighted by Gasteiger charge is -2.07. The van der Waals surface area contributed by atoms with Crippen LogP contribution in [0.15, 0.2) is 27.7 Å². The quantitative estimate of drug-likeness (QED) is 0.384. The van der Waals surface area contributed by atoms with Crippen LogP contribution in [0.1, 0.15) is 30.0 Å². The van der Waals surface area contributed by atoms with E-state index in [9.17, 15) is 14.8 Å². The lowest BCUT2D eigenvalue weighted by atomic mass is 10.2. The maximum absolute atomic E-state index is 12.2. The number of rotatable bonds is 8. The molecule has 9 heteroatoms. The number of nitrogens with zero attached hydrogens (tertiary/aromatic N) is 2. The van der Waals surface area contributed by atoms with Crippen LogP contribution >= 0.6 is 23.1 Å². The summed E-state index contributed by atoms with van der Waals surface area (Å²) < 4.78 is 11.3. The number of thiazole rings is 1. The molecule has 0 fully saturated rings. The van der Waals surface area contributed by atoms with Gasteiger partial charge in [-0.1, -0.05) is 0 Å². The van der Waals surface area contributed by atoms with E-state index in [-0.39, 0.29) is 31.4 Å². The minimum absolute atomic E-state index is 0.0132. The highest BCUT2D eigenvalue weighted by Gasteiger charge is 2.21. The molecule has 2 aromatic rings. The van der Waals surface area contributed by atoms with Crippen molar-refractivity contribution in [1.82, 2.24) is 4.98 Å². The molecule has 0 radical (unpaired) electrons. The van der Waals surface area contributed by atoms with Crippen molar-refractivity contribution in [2.24, 2.45) is 0 Å². The summed E-state index contributed by atoms with van der Waals surface area (Å²) in [5, 5.41) is 12.6. The van der Waals surface area contributed by atoms with Crippen molar-refractivity contribution < 1.29 is 23.8 Å². The normalized spacial score (nSPS) is 10.6. The fraction of sp³-hybridized carbons (Fsp3) is 0.412. The Balaban J connectivity index is 2.20. The molecule has 140 valence electrons. The van der Waals surface area contributed by atoms with Gasteiger partial charge in [-0.3, -0.25) is 9.59 Å². The molecule has 0 aliphatic heterocycles. The summed E-state index contributed by atoms with van der Waals surface area (Å²) in [6, 6.07) is 3.30. The number of hydrogen-bond donors (Lipinski definition) is 0. The van der Waals surface area contributed by atoms with E-state index in [1.54, 1.807) is 26.0 Å². The number of carbonyl (C=O) groups excluding carboxylic acids is 2. The summed E-state index contributed by atoms with van der Waals surface area (Å²) in [7, 11) is 0. The highest BCUT2D eigenvalue weighted by atomic mass is 32.2. The first-order chi connectivity index (χ1) is 12.4. The zero-order valence-electron chi connectivity index (χ0n) is 14.8. The Bertz CT molecular complexity index is 791. The molecule has 0 unspecified atom stereocenters. The van der Waals surface area contributed by atoms with Crippen LogP contribution in [0.3, 0.4) is 0 Å². The molecule has 0 saturated heterocycles. The number of ether oxygens (including phenoxy) is 2. The molecular weight excluding hydrogens is 376 g/mol. The summed E-state index contributed by atoms with van der Waals surface area (Å²) >= 11 is 2.51. The zero-order valence-corrected chi connectivity index (χ0v) is 16.4. The van der Waals surface area contributed by atoms with Crippen LogP contribution in [0, 0.1) is 12.1 Å². The smallest absolute Gasteiger partial charge is 0.311 e. The van der Waals surface area contributed by atoms with Gasteiger partial charge in [-0.25, -0.2) is 4.98 Å². The summed E-state index contributed by atoms with van der Waals surface area (Å²) in [4.78, 5) is 28.6. The second-order valence-corrected chi connectivity index (χ2v) is 7.54. The van der Waals surface area contributed by atoms with Crippen molar-refractivity contribution in [2.75, 3.05) is 13.2 Å². The van der Waals surface area contributed by atoms with Gasteiger partial charge in [-0.2, -0.15) is 4.73 Å². The van der Waals surface area contributed by atoms with Gasteiger partial charge in [0.05, 0.1) is 31.7 Å². The molecule has 0 aromatic carbocycles. The predicted octanol–water partition coefficient (Wildman–Crippen LogP) is 2.45. The largest absolute Gasteiger partial charge is 0.618 e. The second-order valence-electron chi connectivity index (χ2n) is 5.22. The highest BCUT2D eigenvalue weighted by molar-refractivity contribution is 8.00. The SMILES string of the molecule is CCOC(=O)Cc1ccc[n+]([O-])c1Sc1nc(C)c(CC(=O)OCC)s1. The second kappa shape index (κ2) is 9.54. The van der Waals surface area contributed by atoms with E-state index in [2.05, 4.69) is 4.98 Å². The van der Waals surface area contributed by atoms with E-state index in [1.165, 1.54) is 29.3 Å². The van der Waals surface area contributed by atoms with Crippen LogP contribution < -0.4 is 4.73 Å². The average molecular weight is 396 g/mol. The van der Waals surface area contributed by atoms with Crippen LogP contribution in [-0.4, -0.2) is 30.1 Å². The van der Waals surface area contributed by atoms with Gasteiger partial charge in [0.1, 0.15) is 0 Å². The van der Waals surface area contributed by atoms with Gasteiger partial charge >= 0.3 is 11.9 Å². The molecule has 0 aliphatic carbocycles. The summed E-state index contributed by atoms with van der Waals surface area (Å²) in [5.41, 5.74) is 1.30. The Morgan fingerprint density at radius 2 is 1.88 bits per heavy atom. The van der Waals surface area contributed by atoms with E-state index >= 15 is 0 Å². The van der Waals surface area contributed by atoms with Gasteiger partial charge in [0.25, 0.3) is 5.03 Å². The topological polar surface area (TPSA) is 92.4 Å². The standard InChI is InChI=1S/C17H20N2O5S2/c1-4-23-14(20)9-12-7-6-8-19(22)16(12)26-17-18-11(3)13(25-17)10-15(21)24-5-2/h6-8H,4-5,9-10H2,1-3H3. The van der Waals surface area contributed by atoms with Gasteiger partial charge in [0.15, 0.2) is 10.5 Å². The molecule has 0 amide bonds. The van der Waals surface area contributed by atoms with E-state index < -0.39 is 0 Å². The first-order valence-electron chi connectivity index (χ1n) is 8.11. The lowest BCUT2D eigenvalue weighted by molar-refractivity contribution is -0.646. The number of pyridine rings is 1. The highest BCUT2D eigenvalue weighted by Crippen LogP contribution is 2.33. The molecule has 0 spiro atoms. The van der Waals surface area contributed by atoms with Gasteiger partial charge in [-0.15, -0.1) is 11.3 Å². The number of hydrogen-bond acceptors (Lipinski definition) is 8. The molecule has 0 bridgehead atoms. The first kappa shape index (κ1) is 20.2. The van der Waals surface area contributed by atoms with E-state index in [0.29, 0.717) is 26.3 Å². The minimum Gasteiger partial charge on any atom is -0.618 e. The van der Waals surface area contributed by atoms with Crippen LogP contribution in [-0.2, 0) is 31.9 Å². The van der Waals surface area contributed by atoms with E-state index in [4.69, 9.17) is 9.47 Å². The third kappa shape index (κ3) is 5.43. The summed E-state index contributed by atoms with van der Waals surface area (Å²) in [5.74, 6) is -0.698. The molecule has 0 N–H and O–H groups in total. The molecule has 2 rings (SSSR count). The van der Waals surface area contributed by atoms with Gasteiger partial charge in [0, 0.05) is 28.3 Å². The Labute approximate surface area is 159 Å². The Hall–Kier alpha value is -2.13. The predicted molar refractivity (Wildman–Crippen MR) is 97.1 cm³/mol. The first-order valence-corrected chi connectivity index (χ1v) is 9.74. The molecule has 26 heavy (non-hydrogen) atoms. The molecule has 7 nitrogen and oxygen atoms in total. The van der Waals surface area contributed by atoms with Crippen molar-refractivity contribution >= 4 is 35.0 Å². The molecule has 2 heterocycles. The monoisotopic (exact) mass is 396 g/mol. The summed E-state index contributed by atoms with van der Waals surface area (Å²) in [6.07, 6.45) is 1.54. The number of aryl methyl sites for hydroxylation is 1. The lowest BCUT2D eigenvalue weighted by Crippen LogP contribution is -2.30. The average Bonchev–Trinajstić information content (AvgIpc) is 2.90. The number of carbonyl (C=O) groups is 2.